The van der Waals surface area contributed by atoms with E-state index in [1.165, 1.54) is 135 Å². The van der Waals surface area contributed by atoms with Gasteiger partial charge in [-0.2, -0.15) is 0 Å². The topological polar surface area (TPSA) is 149 Å². The molecule has 1 heterocycles. The highest BCUT2D eigenvalue weighted by molar-refractivity contribution is 5.76. The molecule has 1 aliphatic rings. The van der Waals surface area contributed by atoms with E-state index >= 15 is 0 Å². The number of amides is 1. The van der Waals surface area contributed by atoms with Gasteiger partial charge in [0.15, 0.2) is 6.29 Å². The molecule has 0 radical (unpaired) electrons. The van der Waals surface area contributed by atoms with Crippen molar-refractivity contribution in [2.75, 3.05) is 13.2 Å². The van der Waals surface area contributed by atoms with Crippen LogP contribution in [0.1, 0.15) is 258 Å². The van der Waals surface area contributed by atoms with E-state index in [0.717, 1.165) is 103 Å². The van der Waals surface area contributed by atoms with Crippen LogP contribution in [0, 0.1) is 0 Å². The molecular weight excluding hydrogens is 959 g/mol. The number of aliphatic hydroxyl groups excluding tert-OH is 5. The molecule has 1 rings (SSSR count). The number of ether oxygens (including phenoxy) is 2. The lowest BCUT2D eigenvalue weighted by Crippen LogP contribution is -2.60. The fourth-order valence-corrected chi connectivity index (χ4v) is 9.41. The maximum absolute atomic E-state index is 13.1. The maximum Gasteiger partial charge on any atom is 0.220 e. The van der Waals surface area contributed by atoms with E-state index in [0.29, 0.717) is 6.42 Å². The van der Waals surface area contributed by atoms with Crippen LogP contribution in [0.5, 0.6) is 0 Å². The van der Waals surface area contributed by atoms with Crippen molar-refractivity contribution in [3.8, 4) is 0 Å². The van der Waals surface area contributed by atoms with Crippen LogP contribution in [0.3, 0.4) is 0 Å². The molecule has 1 fully saturated rings. The highest BCUT2D eigenvalue weighted by Crippen LogP contribution is 2.23. The zero-order chi connectivity index (χ0) is 55.8. The number of aliphatic hydroxyl groups is 5. The molecule has 0 aliphatic carbocycles. The Morgan fingerprint density at radius 3 is 1.19 bits per heavy atom. The summed E-state index contributed by atoms with van der Waals surface area (Å²) in [6, 6.07) is -0.828. The van der Waals surface area contributed by atoms with Crippen LogP contribution in [0.2, 0.25) is 0 Å². The Bertz CT molecular complexity index is 1580. The number of unbranched alkanes of at least 4 members (excludes halogenated alkanes) is 27. The smallest absolute Gasteiger partial charge is 0.220 e. The Kier molecular flexibility index (Phi) is 52.4. The maximum atomic E-state index is 13.1. The van der Waals surface area contributed by atoms with E-state index in [4.69, 9.17) is 9.47 Å². The molecule has 9 heteroatoms. The molecule has 0 aromatic carbocycles. The van der Waals surface area contributed by atoms with Crippen LogP contribution < -0.4 is 5.32 Å². The predicted octanol–water partition coefficient (Wildman–Crippen LogP) is 16.5. The van der Waals surface area contributed by atoms with E-state index in [-0.39, 0.29) is 12.5 Å². The number of carbonyl (C=O) groups excluding carboxylic acids is 1. The van der Waals surface area contributed by atoms with Gasteiger partial charge in [0.05, 0.1) is 25.4 Å². The van der Waals surface area contributed by atoms with E-state index in [1.54, 1.807) is 6.08 Å². The molecule has 9 nitrogen and oxygen atoms in total. The molecule has 0 aromatic rings. The third-order valence-electron chi connectivity index (χ3n) is 14.4. The van der Waals surface area contributed by atoms with Gasteiger partial charge in [0.2, 0.25) is 5.91 Å². The number of nitrogens with one attached hydrogen (secondary N) is 1. The van der Waals surface area contributed by atoms with Crippen LogP contribution in [-0.2, 0) is 14.3 Å². The monoisotopic (exact) mass is 1080 g/mol. The molecule has 0 saturated carbocycles. The van der Waals surface area contributed by atoms with Crippen molar-refractivity contribution in [3.63, 3.8) is 0 Å². The van der Waals surface area contributed by atoms with Gasteiger partial charge in [-0.3, -0.25) is 4.79 Å². The summed E-state index contributed by atoms with van der Waals surface area (Å²) in [5, 5.41) is 54.6. The molecule has 442 valence electrons. The first-order valence-corrected chi connectivity index (χ1v) is 31.6. The predicted molar refractivity (Wildman–Crippen MR) is 327 cm³/mol. The van der Waals surface area contributed by atoms with Crippen molar-refractivity contribution >= 4 is 5.91 Å². The first-order valence-electron chi connectivity index (χ1n) is 31.6. The number of carbonyl (C=O) groups is 1. The summed E-state index contributed by atoms with van der Waals surface area (Å²) in [5.41, 5.74) is 0. The van der Waals surface area contributed by atoms with E-state index in [1.807, 2.05) is 6.08 Å². The largest absolute Gasteiger partial charge is 0.394 e. The average Bonchev–Trinajstić information content (AvgIpc) is 3.43. The molecule has 7 unspecified atom stereocenters. The summed E-state index contributed by atoms with van der Waals surface area (Å²) in [5.74, 6) is -0.203. The number of hydrogen-bond donors (Lipinski definition) is 6. The average molecular weight is 1080 g/mol. The van der Waals surface area contributed by atoms with Gasteiger partial charge in [0, 0.05) is 6.42 Å². The minimum Gasteiger partial charge on any atom is -0.394 e. The summed E-state index contributed by atoms with van der Waals surface area (Å²) in [6.07, 6.45) is 75.9. The zero-order valence-electron chi connectivity index (χ0n) is 49.2. The quantitative estimate of drug-likeness (QED) is 0.0261. The third-order valence-corrected chi connectivity index (χ3v) is 14.4. The minimum absolute atomic E-state index is 0.203. The van der Waals surface area contributed by atoms with Gasteiger partial charge in [0.25, 0.3) is 0 Å². The normalized spacial score (nSPS) is 19.5. The van der Waals surface area contributed by atoms with Gasteiger partial charge in [-0.25, -0.2) is 0 Å². The molecule has 6 N–H and O–H groups in total. The molecule has 7 atom stereocenters. The molecule has 1 saturated heterocycles. The van der Waals surface area contributed by atoms with Crippen molar-refractivity contribution in [2.24, 2.45) is 0 Å². The van der Waals surface area contributed by atoms with Gasteiger partial charge in [-0.1, -0.05) is 277 Å². The summed E-state index contributed by atoms with van der Waals surface area (Å²) in [6.45, 7) is 3.66. The second-order valence-corrected chi connectivity index (χ2v) is 21.5. The van der Waals surface area contributed by atoms with E-state index < -0.39 is 49.5 Å². The zero-order valence-corrected chi connectivity index (χ0v) is 49.2. The summed E-state index contributed by atoms with van der Waals surface area (Å²) in [7, 11) is 0. The van der Waals surface area contributed by atoms with Crippen molar-refractivity contribution in [1.82, 2.24) is 5.32 Å². The van der Waals surface area contributed by atoms with Gasteiger partial charge in [-0.05, 0) is 83.5 Å². The SMILES string of the molecule is CC/C=C\C/C=C\C/C=C\C/C=C\C/C=C\C/C=C\C/C=C\C/C=C\CCCCCCC(=O)NC(COC1OC(CO)C(O)C(O)C1O)C(O)/C=C/CCCCCCCCCCCCCCCCCCCCCCCCC. The highest BCUT2D eigenvalue weighted by atomic mass is 16.7. The van der Waals surface area contributed by atoms with Gasteiger partial charge in [-0.15, -0.1) is 0 Å². The van der Waals surface area contributed by atoms with Crippen molar-refractivity contribution in [1.29, 1.82) is 0 Å². The minimum atomic E-state index is -1.58. The highest BCUT2D eigenvalue weighted by Gasteiger charge is 2.44. The third kappa shape index (κ3) is 45.3. The number of allylic oxidation sites excluding steroid dienone is 17. The second kappa shape index (κ2) is 56.1. The Hall–Kier alpha value is -3.15. The van der Waals surface area contributed by atoms with Crippen molar-refractivity contribution in [2.45, 2.75) is 301 Å². The Labute approximate surface area is 472 Å². The first kappa shape index (κ1) is 71.9. The van der Waals surface area contributed by atoms with Gasteiger partial charge in [0.1, 0.15) is 24.4 Å². The van der Waals surface area contributed by atoms with Crippen LogP contribution in [0.4, 0.5) is 0 Å². The Morgan fingerprint density at radius 1 is 0.455 bits per heavy atom. The van der Waals surface area contributed by atoms with Crippen molar-refractivity contribution < 1.29 is 39.8 Å². The Morgan fingerprint density at radius 2 is 0.805 bits per heavy atom. The van der Waals surface area contributed by atoms with Crippen LogP contribution in [-0.4, -0.2) is 87.5 Å². The molecular formula is C68H117NO8. The molecule has 0 spiro atoms. The first-order chi connectivity index (χ1) is 37.8. The van der Waals surface area contributed by atoms with Gasteiger partial charge >= 0.3 is 0 Å². The standard InChI is InChI=1S/C68H117NO8/c1-3-5-7-9-11-13-15-17-19-21-23-25-27-29-30-31-32-34-36-38-40-42-44-46-48-50-52-54-56-58-64(72)69-61(60-76-68-67(75)66(74)65(73)63(59-70)77-68)62(71)57-55-53-51-49-47-45-43-41-39-37-35-33-28-26-24-22-20-18-16-14-12-10-8-6-4-2/h5,7,11,13,17,19,23,25,29-30,32,34,38,40,44,46,55,57,61-63,65-68,70-71,73-75H,3-4,6,8-10,12,14-16,18,20-22,24,26-28,31,33,35-37,39,41-43,45,47-54,56,58-60H2,1-2H3,(H,69,72)/b7-5-,13-11-,19-17-,25-23-,30-29-,34-32-,40-38-,46-44-,57-55+. The summed E-state index contributed by atoms with van der Waals surface area (Å²) >= 11 is 0. The lowest BCUT2D eigenvalue weighted by atomic mass is 9.99. The Balaban J connectivity index is 2.24. The summed E-state index contributed by atoms with van der Waals surface area (Å²) < 4.78 is 11.3. The van der Waals surface area contributed by atoms with Crippen molar-refractivity contribution in [3.05, 3.63) is 109 Å². The number of rotatable bonds is 53. The number of hydrogen-bond acceptors (Lipinski definition) is 8. The fourth-order valence-electron chi connectivity index (χ4n) is 9.41. The molecule has 77 heavy (non-hydrogen) atoms. The lowest BCUT2D eigenvalue weighted by Gasteiger charge is -2.40. The van der Waals surface area contributed by atoms with E-state index in [2.05, 4.69) is 116 Å². The van der Waals surface area contributed by atoms with Crippen LogP contribution >= 0.6 is 0 Å². The molecule has 1 amide bonds. The second-order valence-electron chi connectivity index (χ2n) is 21.5. The van der Waals surface area contributed by atoms with E-state index in [9.17, 15) is 30.3 Å². The van der Waals surface area contributed by atoms with Crippen LogP contribution in [0.15, 0.2) is 109 Å². The van der Waals surface area contributed by atoms with Gasteiger partial charge < -0.3 is 40.3 Å². The molecule has 0 bridgehead atoms. The van der Waals surface area contributed by atoms with Crippen LogP contribution in [0.25, 0.3) is 0 Å². The fraction of sp³-hybridized carbons (Fsp3) is 0.721. The lowest BCUT2D eigenvalue weighted by molar-refractivity contribution is -0.302. The molecule has 1 aliphatic heterocycles. The molecule has 0 aromatic heterocycles. The summed E-state index contributed by atoms with van der Waals surface area (Å²) in [4.78, 5) is 13.1.